The van der Waals surface area contributed by atoms with Crippen molar-refractivity contribution in [2.75, 3.05) is 6.61 Å². The number of benzene rings is 3. The minimum absolute atomic E-state index is 0.0341. The molecule has 0 aromatic heterocycles. The fourth-order valence-electron chi connectivity index (χ4n) is 2.84. The van der Waals surface area contributed by atoms with Gasteiger partial charge < -0.3 is 4.74 Å². The van der Waals surface area contributed by atoms with Gasteiger partial charge in [-0.05, 0) is 54.6 Å². The average Bonchev–Trinajstić information content (AvgIpc) is 2.67. The lowest BCUT2D eigenvalue weighted by atomic mass is 10.0. The summed E-state index contributed by atoms with van der Waals surface area (Å²) in [6.07, 6.45) is 0.819. The number of halogens is 3. The molecule has 0 amide bonds. The summed E-state index contributed by atoms with van der Waals surface area (Å²) in [6.45, 7) is 4.31. The summed E-state index contributed by atoms with van der Waals surface area (Å²) in [7, 11) is 0. The van der Waals surface area contributed by atoms with Gasteiger partial charge in [0.2, 0.25) is 0 Å². The Balaban J connectivity index is 2.03. The van der Waals surface area contributed by atoms with Crippen LogP contribution >= 0.6 is 0 Å². The summed E-state index contributed by atoms with van der Waals surface area (Å²) in [5, 5.41) is 0.939. The molecule has 0 radical (unpaired) electrons. The first-order valence-electron chi connectivity index (χ1n) is 8.55. The van der Waals surface area contributed by atoms with Gasteiger partial charge in [0.05, 0.1) is 6.61 Å². The standard InChI is InChI=1S/C22H19F3O/c1-3-14-5-11-18-16(13-14)8-12-19(21(18)24)22(25)20(23)15-6-9-17(10-7-15)26-4-2/h5-13H,3-4H2,1-2H3. The summed E-state index contributed by atoms with van der Waals surface area (Å²) < 4.78 is 49.2. The number of ether oxygens (including phenoxy) is 1. The molecule has 3 rings (SSSR count). The molecule has 0 saturated carbocycles. The van der Waals surface area contributed by atoms with Crippen LogP contribution in [0.3, 0.4) is 0 Å². The van der Waals surface area contributed by atoms with Crippen LogP contribution in [0.1, 0.15) is 30.5 Å². The van der Waals surface area contributed by atoms with Crippen LogP contribution in [0.2, 0.25) is 0 Å². The van der Waals surface area contributed by atoms with Crippen molar-refractivity contribution in [3.63, 3.8) is 0 Å². The van der Waals surface area contributed by atoms with Gasteiger partial charge in [-0.3, -0.25) is 0 Å². The zero-order valence-corrected chi connectivity index (χ0v) is 14.7. The third kappa shape index (κ3) is 3.45. The van der Waals surface area contributed by atoms with Crippen molar-refractivity contribution in [2.24, 2.45) is 0 Å². The zero-order chi connectivity index (χ0) is 18.7. The van der Waals surface area contributed by atoms with Crippen molar-refractivity contribution in [1.82, 2.24) is 0 Å². The molecule has 0 aliphatic heterocycles. The van der Waals surface area contributed by atoms with Crippen LogP contribution in [-0.4, -0.2) is 6.61 Å². The molecule has 4 heteroatoms. The van der Waals surface area contributed by atoms with Gasteiger partial charge in [0, 0.05) is 16.5 Å². The maximum absolute atomic E-state index is 14.7. The largest absolute Gasteiger partial charge is 0.494 e. The molecule has 1 nitrogen and oxygen atoms in total. The Labute approximate surface area is 150 Å². The van der Waals surface area contributed by atoms with E-state index in [0.29, 0.717) is 17.7 Å². The van der Waals surface area contributed by atoms with Gasteiger partial charge >= 0.3 is 0 Å². The van der Waals surface area contributed by atoms with E-state index in [9.17, 15) is 13.2 Å². The van der Waals surface area contributed by atoms with Crippen molar-refractivity contribution in [3.05, 3.63) is 77.1 Å². The Morgan fingerprint density at radius 1 is 0.885 bits per heavy atom. The van der Waals surface area contributed by atoms with E-state index in [0.717, 1.165) is 12.0 Å². The molecular weight excluding hydrogens is 337 g/mol. The normalized spacial score (nSPS) is 12.2. The van der Waals surface area contributed by atoms with Crippen molar-refractivity contribution < 1.29 is 17.9 Å². The fraction of sp³-hybridized carbons (Fsp3) is 0.182. The van der Waals surface area contributed by atoms with E-state index >= 15 is 0 Å². The van der Waals surface area contributed by atoms with Gasteiger partial charge in [0.1, 0.15) is 11.6 Å². The molecule has 0 fully saturated rings. The topological polar surface area (TPSA) is 9.23 Å². The molecule has 3 aromatic rings. The van der Waals surface area contributed by atoms with Gasteiger partial charge in [0.25, 0.3) is 0 Å². The molecule has 0 bridgehead atoms. The minimum Gasteiger partial charge on any atom is -0.494 e. The summed E-state index contributed by atoms with van der Waals surface area (Å²) in [5.41, 5.74) is 0.709. The van der Waals surface area contributed by atoms with Gasteiger partial charge in [-0.1, -0.05) is 31.2 Å². The lowest BCUT2D eigenvalue weighted by Crippen LogP contribution is -1.93. The van der Waals surface area contributed by atoms with E-state index in [2.05, 4.69) is 0 Å². The molecule has 0 heterocycles. The highest BCUT2D eigenvalue weighted by Gasteiger charge is 2.17. The summed E-state index contributed by atoms with van der Waals surface area (Å²) >= 11 is 0. The van der Waals surface area contributed by atoms with Crippen LogP contribution in [-0.2, 0) is 6.42 Å². The van der Waals surface area contributed by atoms with Crippen LogP contribution in [0.4, 0.5) is 13.2 Å². The molecule has 0 N–H and O–H groups in total. The van der Waals surface area contributed by atoms with Crippen molar-refractivity contribution in [3.8, 4) is 5.75 Å². The number of hydrogen-bond acceptors (Lipinski definition) is 1. The second-order valence-corrected chi connectivity index (χ2v) is 5.92. The Morgan fingerprint density at radius 2 is 1.62 bits per heavy atom. The SMILES string of the molecule is CCOc1ccc(C(F)=C(F)c2ccc3cc(CC)ccc3c2F)cc1. The van der Waals surface area contributed by atoms with Gasteiger partial charge in [0.15, 0.2) is 11.7 Å². The number of aryl methyl sites for hydroxylation is 1. The van der Waals surface area contributed by atoms with Crippen LogP contribution < -0.4 is 4.74 Å². The predicted molar refractivity (Wildman–Crippen MR) is 99.9 cm³/mol. The minimum atomic E-state index is -1.21. The maximum Gasteiger partial charge on any atom is 0.169 e. The second-order valence-electron chi connectivity index (χ2n) is 5.92. The molecule has 0 unspecified atom stereocenters. The van der Waals surface area contributed by atoms with Crippen molar-refractivity contribution in [1.29, 1.82) is 0 Å². The van der Waals surface area contributed by atoms with Crippen LogP contribution in [0.5, 0.6) is 5.75 Å². The van der Waals surface area contributed by atoms with Gasteiger partial charge in [-0.15, -0.1) is 0 Å². The molecule has 0 saturated heterocycles. The molecule has 0 spiro atoms. The van der Waals surface area contributed by atoms with Gasteiger partial charge in [-0.25, -0.2) is 13.2 Å². The molecule has 0 aliphatic carbocycles. The molecule has 0 atom stereocenters. The molecular formula is C22H19F3O. The smallest absolute Gasteiger partial charge is 0.169 e. The first-order valence-corrected chi connectivity index (χ1v) is 8.55. The number of fused-ring (bicyclic) bond motifs is 1. The maximum atomic E-state index is 14.7. The van der Waals surface area contributed by atoms with Crippen LogP contribution in [0.25, 0.3) is 22.4 Å². The Hall–Kier alpha value is -2.75. The highest BCUT2D eigenvalue weighted by Crippen LogP contribution is 2.33. The molecule has 26 heavy (non-hydrogen) atoms. The van der Waals surface area contributed by atoms with E-state index in [-0.39, 0.29) is 16.5 Å². The van der Waals surface area contributed by atoms with Crippen molar-refractivity contribution >= 4 is 22.4 Å². The zero-order valence-electron chi connectivity index (χ0n) is 14.7. The number of rotatable bonds is 5. The Kier molecular flexibility index (Phi) is 5.31. The van der Waals surface area contributed by atoms with E-state index in [4.69, 9.17) is 4.74 Å². The van der Waals surface area contributed by atoms with E-state index < -0.39 is 17.5 Å². The first-order chi connectivity index (χ1) is 12.5. The Morgan fingerprint density at radius 3 is 2.27 bits per heavy atom. The van der Waals surface area contributed by atoms with Crippen LogP contribution in [0, 0.1) is 5.82 Å². The molecule has 3 aromatic carbocycles. The quantitative estimate of drug-likeness (QED) is 0.462. The van der Waals surface area contributed by atoms with E-state index in [1.807, 2.05) is 19.9 Å². The van der Waals surface area contributed by atoms with Crippen molar-refractivity contribution in [2.45, 2.75) is 20.3 Å². The summed E-state index contributed by atoms with van der Waals surface area (Å²) in [4.78, 5) is 0. The van der Waals surface area contributed by atoms with Gasteiger partial charge in [-0.2, -0.15) is 0 Å². The highest BCUT2D eigenvalue weighted by molar-refractivity contribution is 5.91. The third-order valence-corrected chi connectivity index (χ3v) is 4.27. The lowest BCUT2D eigenvalue weighted by molar-refractivity contribution is 0.340. The monoisotopic (exact) mass is 356 g/mol. The number of hydrogen-bond donors (Lipinski definition) is 0. The molecule has 134 valence electrons. The third-order valence-electron chi connectivity index (χ3n) is 4.27. The lowest BCUT2D eigenvalue weighted by Gasteiger charge is -2.08. The summed E-state index contributed by atoms with van der Waals surface area (Å²) in [6, 6.07) is 14.1. The Bertz CT molecular complexity index is 959. The highest BCUT2D eigenvalue weighted by atomic mass is 19.2. The predicted octanol–water partition coefficient (Wildman–Crippen LogP) is 6.70. The average molecular weight is 356 g/mol. The second kappa shape index (κ2) is 7.65. The van der Waals surface area contributed by atoms with Crippen LogP contribution in [0.15, 0.2) is 54.6 Å². The molecule has 0 aliphatic rings. The first kappa shape index (κ1) is 18.1. The van der Waals surface area contributed by atoms with E-state index in [1.54, 1.807) is 30.3 Å². The summed E-state index contributed by atoms with van der Waals surface area (Å²) in [5.74, 6) is -2.51. The fourth-order valence-corrected chi connectivity index (χ4v) is 2.84. The van der Waals surface area contributed by atoms with E-state index in [1.165, 1.54) is 18.2 Å².